The number of nitrogens with two attached hydrogens (primary N) is 1. The number of H-pyrrole nitrogens is 1. The molecule has 7 heteroatoms. The largest absolute Gasteiger partial charge is 0.396 e. The Labute approximate surface area is 99.4 Å². The fraction of sp³-hybridized carbons (Fsp3) is 0.500. The standard InChI is InChI=1S/C10H17N5O2/c1-6(2)13-8(16)5-15(3)10(17)9-7(11)4-12-14-9/h4,6H,5,11H2,1-3H3,(H,12,14)(H,13,16). The maximum Gasteiger partial charge on any atom is 0.274 e. The summed E-state index contributed by atoms with van der Waals surface area (Å²) in [6, 6.07) is 0.0447. The van der Waals surface area contributed by atoms with Crippen LogP contribution in [0.4, 0.5) is 5.69 Å². The van der Waals surface area contributed by atoms with Crippen LogP contribution >= 0.6 is 0 Å². The summed E-state index contributed by atoms with van der Waals surface area (Å²) in [5.41, 5.74) is 6.02. The van der Waals surface area contributed by atoms with E-state index in [1.807, 2.05) is 13.8 Å². The zero-order valence-corrected chi connectivity index (χ0v) is 10.2. The predicted octanol–water partition coefficient (Wildman–Crippen LogP) is -0.411. The maximum absolute atomic E-state index is 11.8. The van der Waals surface area contributed by atoms with Crippen molar-refractivity contribution in [3.8, 4) is 0 Å². The molecule has 0 atom stereocenters. The number of nitrogens with one attached hydrogen (secondary N) is 2. The van der Waals surface area contributed by atoms with Crippen molar-refractivity contribution in [2.75, 3.05) is 19.3 Å². The Morgan fingerprint density at radius 3 is 2.71 bits per heavy atom. The monoisotopic (exact) mass is 239 g/mol. The van der Waals surface area contributed by atoms with Gasteiger partial charge >= 0.3 is 0 Å². The van der Waals surface area contributed by atoms with Gasteiger partial charge in [-0.25, -0.2) is 0 Å². The van der Waals surface area contributed by atoms with Crippen LogP contribution in [0.15, 0.2) is 6.20 Å². The third kappa shape index (κ3) is 3.47. The van der Waals surface area contributed by atoms with Crippen molar-refractivity contribution in [2.24, 2.45) is 0 Å². The lowest BCUT2D eigenvalue weighted by atomic mass is 10.3. The van der Waals surface area contributed by atoms with E-state index in [1.165, 1.54) is 18.1 Å². The summed E-state index contributed by atoms with van der Waals surface area (Å²) < 4.78 is 0. The molecular weight excluding hydrogens is 222 g/mol. The lowest BCUT2D eigenvalue weighted by Gasteiger charge is -2.17. The van der Waals surface area contributed by atoms with Crippen molar-refractivity contribution >= 4 is 17.5 Å². The molecule has 1 rings (SSSR count). The fourth-order valence-electron chi connectivity index (χ4n) is 1.31. The fourth-order valence-corrected chi connectivity index (χ4v) is 1.31. The van der Waals surface area contributed by atoms with Gasteiger partial charge in [-0.05, 0) is 13.8 Å². The number of rotatable bonds is 4. The van der Waals surface area contributed by atoms with Crippen molar-refractivity contribution in [2.45, 2.75) is 19.9 Å². The van der Waals surface area contributed by atoms with Crippen molar-refractivity contribution in [3.63, 3.8) is 0 Å². The average Bonchev–Trinajstić information content (AvgIpc) is 2.61. The number of carbonyl (C=O) groups is 2. The Morgan fingerprint density at radius 1 is 1.59 bits per heavy atom. The van der Waals surface area contributed by atoms with E-state index < -0.39 is 0 Å². The molecule has 0 aromatic carbocycles. The third-order valence-corrected chi connectivity index (χ3v) is 2.06. The number of amides is 2. The number of hydrogen-bond donors (Lipinski definition) is 3. The zero-order valence-electron chi connectivity index (χ0n) is 10.2. The molecule has 17 heavy (non-hydrogen) atoms. The summed E-state index contributed by atoms with van der Waals surface area (Å²) in [5.74, 6) is -0.576. The van der Waals surface area contributed by atoms with Gasteiger partial charge in [-0.2, -0.15) is 5.10 Å². The molecule has 0 saturated carbocycles. The van der Waals surface area contributed by atoms with E-state index in [0.29, 0.717) is 0 Å². The minimum absolute atomic E-state index is 0.0184. The number of anilines is 1. The molecule has 0 radical (unpaired) electrons. The van der Waals surface area contributed by atoms with Crippen LogP contribution in [0.3, 0.4) is 0 Å². The van der Waals surface area contributed by atoms with Crippen LogP contribution < -0.4 is 11.1 Å². The van der Waals surface area contributed by atoms with Crippen molar-refractivity contribution in [3.05, 3.63) is 11.9 Å². The second-order valence-corrected chi connectivity index (χ2v) is 4.08. The number of hydrogen-bond acceptors (Lipinski definition) is 4. The van der Waals surface area contributed by atoms with Gasteiger partial charge in [0, 0.05) is 13.1 Å². The first-order valence-corrected chi connectivity index (χ1v) is 5.25. The summed E-state index contributed by atoms with van der Waals surface area (Å²) in [4.78, 5) is 24.6. The van der Waals surface area contributed by atoms with Crippen LogP contribution in [0.5, 0.6) is 0 Å². The second kappa shape index (κ2) is 5.33. The van der Waals surface area contributed by atoms with Gasteiger partial charge in [0.05, 0.1) is 18.4 Å². The molecule has 0 aliphatic heterocycles. The Hall–Kier alpha value is -2.05. The second-order valence-electron chi connectivity index (χ2n) is 4.08. The summed E-state index contributed by atoms with van der Waals surface area (Å²) in [6.45, 7) is 3.69. The summed E-state index contributed by atoms with van der Waals surface area (Å²) in [7, 11) is 1.53. The molecule has 0 saturated heterocycles. The molecule has 1 heterocycles. The number of aromatic amines is 1. The van der Waals surface area contributed by atoms with Crippen LogP contribution in [0.25, 0.3) is 0 Å². The van der Waals surface area contributed by atoms with E-state index >= 15 is 0 Å². The van der Waals surface area contributed by atoms with E-state index in [2.05, 4.69) is 15.5 Å². The molecule has 0 spiro atoms. The normalized spacial score (nSPS) is 10.4. The molecule has 0 aliphatic carbocycles. The highest BCUT2D eigenvalue weighted by Crippen LogP contribution is 2.08. The maximum atomic E-state index is 11.8. The van der Waals surface area contributed by atoms with Crippen LogP contribution in [0.2, 0.25) is 0 Å². The molecular formula is C10H17N5O2. The molecule has 4 N–H and O–H groups in total. The van der Waals surface area contributed by atoms with Gasteiger partial charge in [-0.3, -0.25) is 14.7 Å². The first kappa shape index (κ1) is 13.0. The van der Waals surface area contributed by atoms with E-state index in [4.69, 9.17) is 5.73 Å². The van der Waals surface area contributed by atoms with Crippen molar-refractivity contribution in [1.29, 1.82) is 0 Å². The number of likely N-dealkylation sites (N-methyl/N-ethyl adjacent to an activating group) is 1. The van der Waals surface area contributed by atoms with Gasteiger partial charge in [0.2, 0.25) is 5.91 Å². The number of aromatic nitrogens is 2. The van der Waals surface area contributed by atoms with Gasteiger partial charge in [-0.1, -0.05) is 0 Å². The van der Waals surface area contributed by atoms with E-state index in [1.54, 1.807) is 0 Å². The van der Waals surface area contributed by atoms with Gasteiger partial charge in [0.1, 0.15) is 5.69 Å². The average molecular weight is 239 g/mol. The smallest absolute Gasteiger partial charge is 0.274 e. The molecule has 0 aliphatic rings. The third-order valence-electron chi connectivity index (χ3n) is 2.06. The molecule has 94 valence electrons. The molecule has 1 aromatic heterocycles. The topological polar surface area (TPSA) is 104 Å². The van der Waals surface area contributed by atoms with Crippen LogP contribution in [-0.4, -0.2) is 46.5 Å². The van der Waals surface area contributed by atoms with Crippen LogP contribution in [0.1, 0.15) is 24.3 Å². The van der Waals surface area contributed by atoms with Gasteiger partial charge < -0.3 is 16.0 Å². The predicted molar refractivity (Wildman–Crippen MR) is 63.2 cm³/mol. The number of carbonyl (C=O) groups excluding carboxylic acids is 2. The summed E-state index contributed by atoms with van der Waals surface area (Å²) in [5, 5.41) is 8.86. The van der Waals surface area contributed by atoms with Crippen LogP contribution in [0, 0.1) is 0 Å². The lowest BCUT2D eigenvalue weighted by molar-refractivity contribution is -0.122. The molecule has 0 bridgehead atoms. The Kier molecular flexibility index (Phi) is 4.08. The van der Waals surface area contributed by atoms with Crippen molar-refractivity contribution in [1.82, 2.24) is 20.4 Å². The van der Waals surface area contributed by atoms with Crippen molar-refractivity contribution < 1.29 is 9.59 Å². The SMILES string of the molecule is CC(C)NC(=O)CN(C)C(=O)c1[nH]ncc1N. The van der Waals surface area contributed by atoms with E-state index in [0.717, 1.165) is 0 Å². The first-order chi connectivity index (χ1) is 7.91. The minimum Gasteiger partial charge on any atom is -0.396 e. The minimum atomic E-state index is -0.362. The number of nitrogen functional groups attached to an aromatic ring is 1. The lowest BCUT2D eigenvalue weighted by Crippen LogP contribution is -2.41. The van der Waals surface area contributed by atoms with E-state index in [9.17, 15) is 9.59 Å². The summed E-state index contributed by atoms with van der Waals surface area (Å²) >= 11 is 0. The van der Waals surface area contributed by atoms with Gasteiger partial charge in [0.25, 0.3) is 5.91 Å². The van der Waals surface area contributed by atoms with Crippen LogP contribution in [-0.2, 0) is 4.79 Å². The molecule has 1 aromatic rings. The number of nitrogens with zero attached hydrogens (tertiary/aromatic N) is 2. The van der Waals surface area contributed by atoms with Gasteiger partial charge in [-0.15, -0.1) is 0 Å². The van der Waals surface area contributed by atoms with E-state index in [-0.39, 0.29) is 35.8 Å². The summed E-state index contributed by atoms with van der Waals surface area (Å²) in [6.07, 6.45) is 1.36. The highest BCUT2D eigenvalue weighted by Gasteiger charge is 2.18. The molecule has 7 nitrogen and oxygen atoms in total. The Morgan fingerprint density at radius 2 is 2.24 bits per heavy atom. The molecule has 2 amide bonds. The Bertz CT molecular complexity index is 413. The first-order valence-electron chi connectivity index (χ1n) is 5.25. The molecule has 0 unspecified atom stereocenters. The Balaban J connectivity index is 2.59. The zero-order chi connectivity index (χ0) is 13.0. The highest BCUT2D eigenvalue weighted by atomic mass is 16.2. The molecule has 0 fully saturated rings. The van der Waals surface area contributed by atoms with Gasteiger partial charge in [0.15, 0.2) is 0 Å². The highest BCUT2D eigenvalue weighted by molar-refractivity contribution is 5.98. The quantitative estimate of drug-likeness (QED) is 0.664.